The summed E-state index contributed by atoms with van der Waals surface area (Å²) in [7, 11) is 1.99. The largest absolute Gasteiger partial charge is 0.317 e. The minimum Gasteiger partial charge on any atom is -0.317 e. The smallest absolute Gasteiger partial charge is 0.00761 e. The molecular formula is C10H17NO2. The van der Waals surface area contributed by atoms with Crippen molar-refractivity contribution >= 4 is 0 Å². The first-order valence-electron chi connectivity index (χ1n) is 4.24. The second-order valence-corrected chi connectivity index (χ2v) is 2.88. The van der Waals surface area contributed by atoms with Gasteiger partial charge in [-0.2, -0.15) is 0 Å². The van der Waals surface area contributed by atoms with Crippen LogP contribution in [0.4, 0.5) is 0 Å². The highest BCUT2D eigenvalue weighted by Crippen LogP contribution is 2.01. The molecule has 0 aromatic heterocycles. The van der Waals surface area contributed by atoms with Gasteiger partial charge < -0.3 is 5.32 Å². The fraction of sp³-hybridized carbons (Fsp3) is 0.400. The summed E-state index contributed by atoms with van der Waals surface area (Å²) >= 11 is 0. The van der Waals surface area contributed by atoms with E-state index in [2.05, 4.69) is 36.5 Å². The molecule has 1 aromatic carbocycles. The molecule has 0 aliphatic rings. The van der Waals surface area contributed by atoms with E-state index in [1.54, 1.807) is 0 Å². The zero-order valence-corrected chi connectivity index (χ0v) is 8.07. The van der Waals surface area contributed by atoms with Crippen LogP contribution >= 0.6 is 0 Å². The van der Waals surface area contributed by atoms with Gasteiger partial charge in [0.2, 0.25) is 0 Å². The first-order valence-corrected chi connectivity index (χ1v) is 4.24. The molecule has 0 spiro atoms. The first kappa shape index (κ1) is 12.1. The van der Waals surface area contributed by atoms with E-state index < -0.39 is 0 Å². The molecule has 0 radical (unpaired) electrons. The second-order valence-electron chi connectivity index (χ2n) is 2.88. The minimum absolute atomic E-state index is 0.567. The lowest BCUT2D eigenvalue weighted by Crippen LogP contribution is -2.23. The lowest BCUT2D eigenvalue weighted by atomic mass is 10.1. The third kappa shape index (κ3) is 5.36. The lowest BCUT2D eigenvalue weighted by molar-refractivity contribution is -0.176. The predicted octanol–water partition coefficient (Wildman–Crippen LogP) is 1.85. The molecule has 74 valence electrons. The zero-order chi connectivity index (χ0) is 10.1. The number of hydrogen-bond acceptors (Lipinski definition) is 3. The summed E-state index contributed by atoms with van der Waals surface area (Å²) in [6.45, 7) is 2.19. The van der Waals surface area contributed by atoms with Gasteiger partial charge in [0.15, 0.2) is 0 Å². The summed E-state index contributed by atoms with van der Waals surface area (Å²) in [4.78, 5) is 0. The third-order valence-electron chi connectivity index (χ3n) is 1.88. The molecule has 0 aliphatic carbocycles. The molecule has 0 fully saturated rings. The fourth-order valence-electron chi connectivity index (χ4n) is 1.07. The van der Waals surface area contributed by atoms with Crippen molar-refractivity contribution in [3.63, 3.8) is 0 Å². The van der Waals surface area contributed by atoms with E-state index in [-0.39, 0.29) is 0 Å². The summed E-state index contributed by atoms with van der Waals surface area (Å²) in [5.74, 6) is 0. The monoisotopic (exact) mass is 183 g/mol. The number of hydrogen-bond donors (Lipinski definition) is 3. The average molecular weight is 183 g/mol. The molecule has 1 atom stereocenters. The van der Waals surface area contributed by atoms with Gasteiger partial charge in [-0.15, -0.1) is 0 Å². The van der Waals surface area contributed by atoms with E-state index in [0.717, 1.165) is 6.42 Å². The molecule has 1 aromatic rings. The van der Waals surface area contributed by atoms with Gasteiger partial charge in [0, 0.05) is 6.04 Å². The van der Waals surface area contributed by atoms with E-state index in [9.17, 15) is 0 Å². The van der Waals surface area contributed by atoms with Crippen LogP contribution in [0.1, 0.15) is 12.5 Å². The molecule has 0 saturated heterocycles. The molecular weight excluding hydrogens is 166 g/mol. The van der Waals surface area contributed by atoms with E-state index in [1.165, 1.54) is 5.56 Å². The summed E-state index contributed by atoms with van der Waals surface area (Å²) in [5, 5.41) is 15.2. The van der Waals surface area contributed by atoms with Crippen molar-refractivity contribution in [3.8, 4) is 0 Å². The summed E-state index contributed by atoms with van der Waals surface area (Å²) < 4.78 is 0. The normalized spacial score (nSPS) is 11.4. The van der Waals surface area contributed by atoms with Gasteiger partial charge in [-0.25, -0.2) is 0 Å². The topological polar surface area (TPSA) is 52.5 Å². The van der Waals surface area contributed by atoms with Gasteiger partial charge in [-0.3, -0.25) is 10.5 Å². The average Bonchev–Trinajstić information content (AvgIpc) is 2.22. The Morgan fingerprint density at radius 2 is 1.77 bits per heavy atom. The Hall–Kier alpha value is -0.900. The van der Waals surface area contributed by atoms with Gasteiger partial charge in [0.1, 0.15) is 0 Å². The number of benzene rings is 1. The van der Waals surface area contributed by atoms with Crippen molar-refractivity contribution < 1.29 is 10.5 Å². The van der Waals surface area contributed by atoms with Crippen LogP contribution in [0.3, 0.4) is 0 Å². The van der Waals surface area contributed by atoms with Crippen molar-refractivity contribution in [2.45, 2.75) is 19.4 Å². The van der Waals surface area contributed by atoms with E-state index >= 15 is 0 Å². The Kier molecular flexibility index (Phi) is 7.20. The maximum Gasteiger partial charge on any atom is 0.00761 e. The van der Waals surface area contributed by atoms with Crippen molar-refractivity contribution in [2.75, 3.05) is 7.05 Å². The molecule has 3 nitrogen and oxygen atoms in total. The van der Waals surface area contributed by atoms with E-state index in [0.29, 0.717) is 6.04 Å². The summed E-state index contributed by atoms with van der Waals surface area (Å²) in [6.07, 6.45) is 1.11. The van der Waals surface area contributed by atoms with E-state index in [4.69, 9.17) is 10.5 Å². The molecule has 0 saturated carbocycles. The van der Waals surface area contributed by atoms with Crippen molar-refractivity contribution in [1.29, 1.82) is 0 Å². The van der Waals surface area contributed by atoms with Crippen LogP contribution in [0, 0.1) is 0 Å². The molecule has 3 heteroatoms. The highest BCUT2D eigenvalue weighted by Gasteiger charge is 1.97. The Morgan fingerprint density at radius 1 is 1.23 bits per heavy atom. The summed E-state index contributed by atoms with van der Waals surface area (Å²) in [5.41, 5.74) is 1.40. The minimum atomic E-state index is 0.567. The van der Waals surface area contributed by atoms with Crippen LogP contribution < -0.4 is 5.32 Å². The molecule has 13 heavy (non-hydrogen) atoms. The Bertz CT molecular complexity index is 201. The van der Waals surface area contributed by atoms with Gasteiger partial charge >= 0.3 is 0 Å². The van der Waals surface area contributed by atoms with Crippen LogP contribution in [-0.4, -0.2) is 23.6 Å². The Balaban J connectivity index is 0.000000671. The van der Waals surface area contributed by atoms with Crippen LogP contribution in [0.2, 0.25) is 0 Å². The molecule has 1 rings (SSSR count). The highest BCUT2D eigenvalue weighted by molar-refractivity contribution is 5.15. The van der Waals surface area contributed by atoms with Gasteiger partial charge in [-0.1, -0.05) is 30.3 Å². The molecule has 0 aliphatic heterocycles. The quantitative estimate of drug-likeness (QED) is 0.495. The molecule has 0 amide bonds. The number of nitrogens with one attached hydrogen (secondary N) is 1. The van der Waals surface area contributed by atoms with Crippen LogP contribution in [-0.2, 0) is 6.42 Å². The Labute approximate surface area is 79.0 Å². The van der Waals surface area contributed by atoms with Crippen molar-refractivity contribution in [3.05, 3.63) is 35.9 Å². The van der Waals surface area contributed by atoms with Gasteiger partial charge in [0.05, 0.1) is 0 Å². The van der Waals surface area contributed by atoms with Crippen molar-refractivity contribution in [2.24, 2.45) is 0 Å². The second kappa shape index (κ2) is 7.73. The maximum atomic E-state index is 6.00. The van der Waals surface area contributed by atoms with Crippen LogP contribution in [0.5, 0.6) is 0 Å². The number of rotatable bonds is 3. The lowest BCUT2D eigenvalue weighted by Gasteiger charge is -2.08. The Morgan fingerprint density at radius 3 is 2.23 bits per heavy atom. The SMILES string of the molecule is CNC(C)Cc1ccccc1.OO. The number of likely N-dealkylation sites (N-methyl/N-ethyl adjacent to an activating group) is 1. The molecule has 0 heterocycles. The fourth-order valence-corrected chi connectivity index (χ4v) is 1.07. The van der Waals surface area contributed by atoms with Crippen LogP contribution in [0.25, 0.3) is 0 Å². The molecule has 0 bridgehead atoms. The predicted molar refractivity (Wildman–Crippen MR) is 53.9 cm³/mol. The third-order valence-corrected chi connectivity index (χ3v) is 1.88. The van der Waals surface area contributed by atoms with Crippen molar-refractivity contribution in [1.82, 2.24) is 5.32 Å². The van der Waals surface area contributed by atoms with Gasteiger partial charge in [0.25, 0.3) is 0 Å². The summed E-state index contributed by atoms with van der Waals surface area (Å²) in [6, 6.07) is 11.1. The van der Waals surface area contributed by atoms with Crippen LogP contribution in [0.15, 0.2) is 30.3 Å². The zero-order valence-electron chi connectivity index (χ0n) is 8.07. The molecule has 1 unspecified atom stereocenters. The maximum absolute atomic E-state index is 6.00. The highest BCUT2D eigenvalue weighted by atomic mass is 17.0. The van der Waals surface area contributed by atoms with Gasteiger partial charge in [-0.05, 0) is 26.0 Å². The standard InChI is InChI=1S/C10H15N.H2O2/c1-9(11-2)8-10-6-4-3-5-7-10;1-2/h3-7,9,11H,8H2,1-2H3;1-2H. The molecule has 3 N–H and O–H groups in total. The first-order chi connectivity index (χ1) is 6.33. The van der Waals surface area contributed by atoms with E-state index in [1.807, 2.05) is 13.1 Å².